The molecule has 3 atom stereocenters. The number of aliphatic carboxylic acids is 1. The van der Waals surface area contributed by atoms with Crippen molar-refractivity contribution in [3.05, 3.63) is 0 Å². The number of carbonyl (C=O) groups excluding carboxylic acids is 2. The molecular formula is C10H15N3O5. The maximum Gasteiger partial charge on any atom is 0.320 e. The van der Waals surface area contributed by atoms with Crippen molar-refractivity contribution in [1.82, 2.24) is 10.4 Å². The van der Waals surface area contributed by atoms with Crippen LogP contribution in [0.5, 0.6) is 0 Å². The number of carboxylic acids is 1. The monoisotopic (exact) mass is 257 g/mol. The number of rotatable bonds is 4. The van der Waals surface area contributed by atoms with Crippen LogP contribution in [0.15, 0.2) is 0 Å². The lowest BCUT2D eigenvalue weighted by Crippen LogP contribution is -2.36. The van der Waals surface area contributed by atoms with E-state index >= 15 is 0 Å². The van der Waals surface area contributed by atoms with E-state index in [1.165, 1.54) is 4.90 Å². The van der Waals surface area contributed by atoms with E-state index in [2.05, 4.69) is 5.48 Å². The van der Waals surface area contributed by atoms with Crippen LogP contribution >= 0.6 is 0 Å². The lowest BCUT2D eigenvalue weighted by atomic mass is 10.1. The van der Waals surface area contributed by atoms with Gasteiger partial charge >= 0.3 is 5.97 Å². The zero-order chi connectivity index (χ0) is 13.3. The molecule has 0 aliphatic carbocycles. The van der Waals surface area contributed by atoms with E-state index < -0.39 is 12.0 Å². The second-order valence-electron chi connectivity index (χ2n) is 4.51. The van der Waals surface area contributed by atoms with Gasteiger partial charge in [0.05, 0.1) is 12.5 Å². The van der Waals surface area contributed by atoms with Gasteiger partial charge in [-0.3, -0.25) is 19.2 Å². The number of carboxylic acid groups (broad SMARTS) is 1. The van der Waals surface area contributed by atoms with Crippen molar-refractivity contribution in [3.8, 4) is 0 Å². The highest BCUT2D eigenvalue weighted by atomic mass is 16.7. The Balaban J connectivity index is 1.81. The van der Waals surface area contributed by atoms with E-state index in [9.17, 15) is 14.4 Å². The molecule has 0 bridgehead atoms. The molecule has 2 rings (SSSR count). The van der Waals surface area contributed by atoms with Crippen LogP contribution < -0.4 is 11.2 Å². The minimum atomic E-state index is -1.12. The highest BCUT2D eigenvalue weighted by molar-refractivity contribution is 5.83. The maximum absolute atomic E-state index is 11.8. The first-order valence-corrected chi connectivity index (χ1v) is 5.70. The number of hydrogen-bond donors (Lipinski definition) is 3. The van der Waals surface area contributed by atoms with Gasteiger partial charge in [-0.2, -0.15) is 0 Å². The average molecular weight is 257 g/mol. The van der Waals surface area contributed by atoms with Crippen LogP contribution in [0.2, 0.25) is 0 Å². The largest absolute Gasteiger partial charge is 0.480 e. The van der Waals surface area contributed by atoms with Crippen molar-refractivity contribution >= 4 is 17.8 Å². The van der Waals surface area contributed by atoms with Crippen molar-refractivity contribution in [3.63, 3.8) is 0 Å². The summed E-state index contributed by atoms with van der Waals surface area (Å²) in [6.45, 7) is 0.669. The van der Waals surface area contributed by atoms with Crippen LogP contribution in [-0.2, 0) is 19.2 Å². The minimum Gasteiger partial charge on any atom is -0.480 e. The van der Waals surface area contributed by atoms with Gasteiger partial charge in [0.25, 0.3) is 5.91 Å². The summed E-state index contributed by atoms with van der Waals surface area (Å²) >= 11 is 0. The highest BCUT2D eigenvalue weighted by Crippen LogP contribution is 2.24. The number of amides is 2. The highest BCUT2D eigenvalue weighted by Gasteiger charge is 2.45. The Morgan fingerprint density at radius 3 is 2.89 bits per heavy atom. The summed E-state index contributed by atoms with van der Waals surface area (Å²) in [5, 5.41) is 8.60. The van der Waals surface area contributed by atoms with Crippen LogP contribution in [0.1, 0.15) is 12.8 Å². The van der Waals surface area contributed by atoms with Crippen molar-refractivity contribution < 1.29 is 24.3 Å². The zero-order valence-electron chi connectivity index (χ0n) is 9.67. The first-order valence-electron chi connectivity index (χ1n) is 5.70. The van der Waals surface area contributed by atoms with E-state index in [1.54, 1.807) is 0 Å². The molecule has 100 valence electrons. The normalized spacial score (nSPS) is 27.8. The molecular weight excluding hydrogens is 242 g/mol. The molecule has 2 heterocycles. The third kappa shape index (κ3) is 2.44. The third-order valence-electron chi connectivity index (χ3n) is 3.25. The Morgan fingerprint density at radius 2 is 2.28 bits per heavy atom. The predicted octanol–water partition coefficient (Wildman–Crippen LogP) is -1.93. The van der Waals surface area contributed by atoms with E-state index in [-0.39, 0.29) is 36.7 Å². The molecule has 8 heteroatoms. The summed E-state index contributed by atoms with van der Waals surface area (Å²) in [4.78, 5) is 40.2. The molecule has 2 amide bonds. The molecule has 0 aromatic rings. The molecule has 8 nitrogen and oxygen atoms in total. The summed E-state index contributed by atoms with van der Waals surface area (Å²) in [5.41, 5.74) is 7.59. The Morgan fingerprint density at radius 1 is 1.56 bits per heavy atom. The molecule has 2 aliphatic heterocycles. The second kappa shape index (κ2) is 4.91. The van der Waals surface area contributed by atoms with Crippen molar-refractivity contribution in [2.24, 2.45) is 11.7 Å². The summed E-state index contributed by atoms with van der Waals surface area (Å²) < 4.78 is 0. The van der Waals surface area contributed by atoms with Gasteiger partial charge in [-0.05, 0) is 6.42 Å². The number of hydrogen-bond acceptors (Lipinski definition) is 5. The standard InChI is InChI=1S/C10H15N3O5/c11-6(10(16)17)1-2-8(14)13-3-5-7(4-13)18-12-9(5)15/h5-7H,1-4,11H2,(H,12,15)(H,16,17)/t5-,6+,7+/m1/s1. The Labute approximate surface area is 103 Å². The molecule has 0 saturated carbocycles. The summed E-state index contributed by atoms with van der Waals surface area (Å²) in [5.74, 6) is -1.85. The number of likely N-dealkylation sites (tertiary alicyclic amines) is 1. The molecule has 2 aliphatic rings. The molecule has 0 aromatic carbocycles. The van der Waals surface area contributed by atoms with Gasteiger partial charge in [0.2, 0.25) is 5.91 Å². The van der Waals surface area contributed by atoms with Crippen LogP contribution in [0.25, 0.3) is 0 Å². The van der Waals surface area contributed by atoms with E-state index in [0.29, 0.717) is 13.1 Å². The predicted molar refractivity (Wildman–Crippen MR) is 57.9 cm³/mol. The lowest BCUT2D eigenvalue weighted by Gasteiger charge is -2.17. The van der Waals surface area contributed by atoms with E-state index in [1.807, 2.05) is 0 Å². The molecule has 18 heavy (non-hydrogen) atoms. The molecule has 0 spiro atoms. The summed E-state index contributed by atoms with van der Waals surface area (Å²) in [6.07, 6.45) is -0.142. The minimum absolute atomic E-state index is 0.0640. The van der Waals surface area contributed by atoms with Crippen molar-refractivity contribution in [2.75, 3.05) is 13.1 Å². The fraction of sp³-hybridized carbons (Fsp3) is 0.700. The van der Waals surface area contributed by atoms with Gasteiger partial charge in [0, 0.05) is 13.0 Å². The molecule has 0 radical (unpaired) electrons. The van der Waals surface area contributed by atoms with Gasteiger partial charge in [0.15, 0.2) is 0 Å². The number of nitrogens with zero attached hydrogens (tertiary/aromatic N) is 1. The number of hydroxylamine groups is 1. The first-order chi connectivity index (χ1) is 8.49. The second-order valence-corrected chi connectivity index (χ2v) is 4.51. The molecule has 4 N–H and O–H groups in total. The van der Waals surface area contributed by atoms with Gasteiger partial charge in [0.1, 0.15) is 12.1 Å². The number of nitrogens with one attached hydrogen (secondary N) is 1. The van der Waals surface area contributed by atoms with Crippen LogP contribution in [-0.4, -0.2) is 53.0 Å². The number of carbonyl (C=O) groups is 3. The smallest absolute Gasteiger partial charge is 0.320 e. The van der Waals surface area contributed by atoms with E-state index in [0.717, 1.165) is 0 Å². The lowest BCUT2D eigenvalue weighted by molar-refractivity contribution is -0.139. The Bertz CT molecular complexity index is 386. The van der Waals surface area contributed by atoms with Gasteiger partial charge in [-0.15, -0.1) is 0 Å². The van der Waals surface area contributed by atoms with Gasteiger partial charge in [-0.25, -0.2) is 5.48 Å². The van der Waals surface area contributed by atoms with Crippen LogP contribution in [0.3, 0.4) is 0 Å². The molecule has 2 fully saturated rings. The third-order valence-corrected chi connectivity index (χ3v) is 3.25. The maximum atomic E-state index is 11.8. The van der Waals surface area contributed by atoms with Gasteiger partial charge < -0.3 is 15.7 Å². The SMILES string of the molecule is N[C@@H](CCC(=O)N1C[C@@H]2ONC(=O)[C@@H]2C1)C(=O)O. The molecule has 0 aromatic heterocycles. The van der Waals surface area contributed by atoms with Crippen molar-refractivity contribution in [1.29, 1.82) is 0 Å². The summed E-state index contributed by atoms with van der Waals surface area (Å²) in [6, 6.07) is -1.03. The Kier molecular flexibility index (Phi) is 3.48. The fourth-order valence-corrected chi connectivity index (χ4v) is 2.12. The van der Waals surface area contributed by atoms with E-state index in [4.69, 9.17) is 15.7 Å². The number of nitrogens with two attached hydrogens (primary N) is 1. The number of fused-ring (bicyclic) bond motifs is 1. The molecule has 2 saturated heterocycles. The van der Waals surface area contributed by atoms with Crippen LogP contribution in [0.4, 0.5) is 0 Å². The first kappa shape index (κ1) is 12.8. The Hall–Kier alpha value is -1.67. The van der Waals surface area contributed by atoms with Gasteiger partial charge in [-0.1, -0.05) is 0 Å². The summed E-state index contributed by atoms with van der Waals surface area (Å²) in [7, 11) is 0. The van der Waals surface area contributed by atoms with Crippen LogP contribution in [0, 0.1) is 5.92 Å². The zero-order valence-corrected chi connectivity index (χ0v) is 9.67. The quantitative estimate of drug-likeness (QED) is 0.539. The molecule has 0 unspecified atom stereocenters. The topological polar surface area (TPSA) is 122 Å². The van der Waals surface area contributed by atoms with Crippen molar-refractivity contribution in [2.45, 2.75) is 25.0 Å². The average Bonchev–Trinajstić information content (AvgIpc) is 2.88. The fourth-order valence-electron chi connectivity index (χ4n) is 2.12.